The highest BCUT2D eigenvalue weighted by molar-refractivity contribution is 6.31. The highest BCUT2D eigenvalue weighted by Crippen LogP contribution is 2.32. The summed E-state index contributed by atoms with van der Waals surface area (Å²) in [6.07, 6.45) is 5.16. The lowest BCUT2D eigenvalue weighted by atomic mass is 10.1. The van der Waals surface area contributed by atoms with Crippen molar-refractivity contribution in [3.63, 3.8) is 0 Å². The first kappa shape index (κ1) is 17.4. The summed E-state index contributed by atoms with van der Waals surface area (Å²) < 4.78 is 0. The molecule has 1 aromatic heterocycles. The SMILES string of the molecule is CCc1ccc(N2CC=Cc3cc(C(=O)Nc4cccc(Cl)c4)[nH]c32)cc1. The number of hydrogen-bond donors (Lipinski definition) is 2. The van der Waals surface area contributed by atoms with Crippen LogP contribution in [0.15, 0.2) is 60.7 Å². The first-order chi connectivity index (χ1) is 13.1. The number of fused-ring (bicyclic) bond motifs is 1. The first-order valence-electron chi connectivity index (χ1n) is 8.97. The van der Waals surface area contributed by atoms with E-state index in [-0.39, 0.29) is 5.91 Å². The number of hydrogen-bond acceptors (Lipinski definition) is 2. The second-order valence-electron chi connectivity index (χ2n) is 6.48. The Bertz CT molecular complexity index is 1000. The van der Waals surface area contributed by atoms with E-state index in [0.717, 1.165) is 30.0 Å². The molecule has 4 rings (SSSR count). The third-order valence-electron chi connectivity index (χ3n) is 4.67. The molecule has 2 aromatic carbocycles. The maximum atomic E-state index is 12.6. The Morgan fingerprint density at radius 3 is 2.74 bits per heavy atom. The van der Waals surface area contributed by atoms with Gasteiger partial charge in [0.15, 0.2) is 0 Å². The van der Waals surface area contributed by atoms with Crippen LogP contribution < -0.4 is 10.2 Å². The van der Waals surface area contributed by atoms with Crippen molar-refractivity contribution in [2.45, 2.75) is 13.3 Å². The normalized spacial score (nSPS) is 12.7. The van der Waals surface area contributed by atoms with Crippen LogP contribution in [0.1, 0.15) is 28.5 Å². The number of carbonyl (C=O) groups excluding carboxylic acids is 1. The fraction of sp³-hybridized carbons (Fsp3) is 0.136. The number of nitrogens with zero attached hydrogens (tertiary/aromatic N) is 1. The van der Waals surface area contributed by atoms with E-state index in [1.807, 2.05) is 24.3 Å². The van der Waals surface area contributed by atoms with Crippen LogP contribution in [0.25, 0.3) is 6.08 Å². The molecule has 136 valence electrons. The van der Waals surface area contributed by atoms with Crippen LogP contribution in [0.3, 0.4) is 0 Å². The Labute approximate surface area is 163 Å². The first-order valence-corrected chi connectivity index (χ1v) is 9.35. The molecule has 3 aromatic rings. The van der Waals surface area contributed by atoms with E-state index in [1.54, 1.807) is 12.1 Å². The lowest BCUT2D eigenvalue weighted by molar-refractivity contribution is 0.102. The van der Waals surface area contributed by atoms with Gasteiger partial charge in [0, 0.05) is 28.5 Å². The molecule has 4 nitrogen and oxygen atoms in total. The fourth-order valence-corrected chi connectivity index (χ4v) is 3.41. The third kappa shape index (κ3) is 3.62. The number of amides is 1. The van der Waals surface area contributed by atoms with E-state index in [4.69, 9.17) is 11.6 Å². The molecule has 2 N–H and O–H groups in total. The van der Waals surface area contributed by atoms with Crippen LogP contribution in [-0.2, 0) is 6.42 Å². The van der Waals surface area contributed by atoms with Crippen molar-refractivity contribution in [1.29, 1.82) is 0 Å². The molecule has 1 amide bonds. The molecule has 1 aliphatic rings. The molecular weight excluding hydrogens is 358 g/mol. The number of rotatable bonds is 4. The van der Waals surface area contributed by atoms with Crippen molar-refractivity contribution in [3.05, 3.63) is 82.5 Å². The molecule has 5 heteroatoms. The second kappa shape index (κ2) is 7.33. The maximum Gasteiger partial charge on any atom is 0.272 e. The summed E-state index contributed by atoms with van der Waals surface area (Å²) in [6, 6.07) is 17.5. The smallest absolute Gasteiger partial charge is 0.272 e. The van der Waals surface area contributed by atoms with E-state index in [2.05, 4.69) is 52.5 Å². The number of H-pyrrole nitrogens is 1. The van der Waals surface area contributed by atoms with Crippen molar-refractivity contribution < 1.29 is 4.79 Å². The predicted molar refractivity (Wildman–Crippen MR) is 112 cm³/mol. The summed E-state index contributed by atoms with van der Waals surface area (Å²) in [6.45, 7) is 2.90. The maximum absolute atomic E-state index is 12.6. The van der Waals surface area contributed by atoms with E-state index < -0.39 is 0 Å². The van der Waals surface area contributed by atoms with Crippen molar-refractivity contribution in [3.8, 4) is 0 Å². The molecule has 0 aliphatic carbocycles. The number of anilines is 3. The van der Waals surface area contributed by atoms with Crippen LogP contribution in [0.5, 0.6) is 0 Å². The van der Waals surface area contributed by atoms with Crippen LogP contribution in [0, 0.1) is 0 Å². The Kier molecular flexibility index (Phi) is 4.73. The Morgan fingerprint density at radius 1 is 1.19 bits per heavy atom. The zero-order chi connectivity index (χ0) is 18.8. The van der Waals surface area contributed by atoms with Crippen LogP contribution >= 0.6 is 11.6 Å². The second-order valence-corrected chi connectivity index (χ2v) is 6.92. The minimum Gasteiger partial charge on any atom is -0.337 e. The van der Waals surface area contributed by atoms with Gasteiger partial charge in [-0.15, -0.1) is 0 Å². The van der Waals surface area contributed by atoms with Gasteiger partial charge in [0.05, 0.1) is 0 Å². The minimum atomic E-state index is -0.193. The molecule has 0 spiro atoms. The van der Waals surface area contributed by atoms with Gasteiger partial charge >= 0.3 is 0 Å². The lowest BCUT2D eigenvalue weighted by Gasteiger charge is -2.25. The van der Waals surface area contributed by atoms with Gasteiger partial charge in [-0.1, -0.05) is 48.9 Å². The largest absolute Gasteiger partial charge is 0.337 e. The average molecular weight is 378 g/mol. The Hall–Kier alpha value is -2.98. The van der Waals surface area contributed by atoms with Gasteiger partial charge in [0.2, 0.25) is 0 Å². The van der Waals surface area contributed by atoms with Gasteiger partial charge in [-0.05, 0) is 48.4 Å². The summed E-state index contributed by atoms with van der Waals surface area (Å²) in [4.78, 5) is 18.1. The van der Waals surface area contributed by atoms with E-state index in [1.165, 1.54) is 5.56 Å². The number of nitrogens with one attached hydrogen (secondary N) is 2. The molecule has 1 aliphatic heterocycles. The number of aromatic nitrogens is 1. The predicted octanol–water partition coefficient (Wildman–Crippen LogP) is 5.65. The van der Waals surface area contributed by atoms with Crippen LogP contribution in [-0.4, -0.2) is 17.4 Å². The van der Waals surface area contributed by atoms with Gasteiger partial charge in [-0.2, -0.15) is 0 Å². The lowest BCUT2D eigenvalue weighted by Crippen LogP contribution is -2.20. The van der Waals surface area contributed by atoms with Crippen molar-refractivity contribution in [2.75, 3.05) is 16.8 Å². The summed E-state index contributed by atoms with van der Waals surface area (Å²) >= 11 is 5.99. The Morgan fingerprint density at radius 2 is 2.00 bits per heavy atom. The summed E-state index contributed by atoms with van der Waals surface area (Å²) in [5, 5.41) is 3.47. The number of halogens is 1. The van der Waals surface area contributed by atoms with Crippen LogP contribution in [0.2, 0.25) is 5.02 Å². The Balaban J connectivity index is 1.60. The summed E-state index contributed by atoms with van der Waals surface area (Å²) in [7, 11) is 0. The van der Waals surface area contributed by atoms with E-state index in [9.17, 15) is 4.79 Å². The molecule has 27 heavy (non-hydrogen) atoms. The zero-order valence-electron chi connectivity index (χ0n) is 15.0. The van der Waals surface area contributed by atoms with Gasteiger partial charge in [0.25, 0.3) is 5.91 Å². The number of aryl methyl sites for hydroxylation is 1. The molecule has 0 fully saturated rings. The zero-order valence-corrected chi connectivity index (χ0v) is 15.8. The summed E-state index contributed by atoms with van der Waals surface area (Å²) in [5.41, 5.74) is 4.59. The monoisotopic (exact) mass is 377 g/mol. The molecular formula is C22H20ClN3O. The van der Waals surface area contributed by atoms with Crippen molar-refractivity contribution >= 4 is 40.8 Å². The molecule has 0 radical (unpaired) electrons. The highest BCUT2D eigenvalue weighted by atomic mass is 35.5. The number of aromatic amines is 1. The molecule has 0 saturated heterocycles. The van der Waals surface area contributed by atoms with Gasteiger partial charge < -0.3 is 15.2 Å². The van der Waals surface area contributed by atoms with Crippen molar-refractivity contribution in [1.82, 2.24) is 4.98 Å². The van der Waals surface area contributed by atoms with E-state index >= 15 is 0 Å². The minimum absolute atomic E-state index is 0.193. The summed E-state index contributed by atoms with van der Waals surface area (Å²) in [5.74, 6) is 0.736. The van der Waals surface area contributed by atoms with Crippen molar-refractivity contribution in [2.24, 2.45) is 0 Å². The number of carbonyl (C=O) groups is 1. The molecule has 0 unspecified atom stereocenters. The quantitative estimate of drug-likeness (QED) is 0.617. The van der Waals surface area contributed by atoms with Gasteiger partial charge in [-0.3, -0.25) is 4.79 Å². The molecule has 0 bridgehead atoms. The average Bonchev–Trinajstić information content (AvgIpc) is 3.13. The molecule has 0 saturated carbocycles. The van der Waals surface area contributed by atoms with Crippen LogP contribution in [0.4, 0.5) is 17.2 Å². The highest BCUT2D eigenvalue weighted by Gasteiger charge is 2.20. The topological polar surface area (TPSA) is 48.1 Å². The third-order valence-corrected chi connectivity index (χ3v) is 4.90. The van der Waals surface area contributed by atoms with Gasteiger partial charge in [-0.25, -0.2) is 0 Å². The fourth-order valence-electron chi connectivity index (χ4n) is 3.22. The van der Waals surface area contributed by atoms with Gasteiger partial charge in [0.1, 0.15) is 11.5 Å². The van der Waals surface area contributed by atoms with E-state index in [0.29, 0.717) is 16.4 Å². The molecule has 0 atom stereocenters. The molecule has 2 heterocycles. The standard InChI is InChI=1S/C22H20ClN3O/c1-2-15-8-10-19(11-9-15)26-12-4-5-16-13-20(25-21(16)26)22(27)24-18-7-3-6-17(23)14-18/h3-11,13-14,25H,2,12H2,1H3,(H,24,27). The number of benzene rings is 2.